The lowest BCUT2D eigenvalue weighted by Crippen LogP contribution is -2.34. The van der Waals surface area contributed by atoms with E-state index in [-0.39, 0.29) is 11.5 Å². The molecule has 0 aromatic heterocycles. The molecule has 1 unspecified atom stereocenters. The van der Waals surface area contributed by atoms with E-state index in [4.69, 9.17) is 4.74 Å². The molecule has 0 amide bonds. The van der Waals surface area contributed by atoms with E-state index in [0.717, 1.165) is 11.1 Å². The second kappa shape index (κ2) is 6.90. The first-order chi connectivity index (χ1) is 9.58. The van der Waals surface area contributed by atoms with E-state index in [9.17, 15) is 8.42 Å². The molecule has 5 heteroatoms. The quantitative estimate of drug-likeness (QED) is 0.878. The van der Waals surface area contributed by atoms with Crippen molar-refractivity contribution in [1.29, 1.82) is 0 Å². The molecule has 1 rings (SSSR count). The van der Waals surface area contributed by atoms with Gasteiger partial charge in [-0.25, -0.2) is 13.1 Å². The van der Waals surface area contributed by atoms with Crippen LogP contribution in [0, 0.1) is 6.92 Å². The van der Waals surface area contributed by atoms with E-state index >= 15 is 0 Å². The number of nitrogens with one attached hydrogen (secondary N) is 1. The number of hydrogen-bond acceptors (Lipinski definition) is 3. The Morgan fingerprint density at radius 1 is 1.29 bits per heavy atom. The van der Waals surface area contributed by atoms with Gasteiger partial charge in [0, 0.05) is 19.8 Å². The van der Waals surface area contributed by atoms with E-state index in [1.165, 1.54) is 0 Å². The number of rotatable bonds is 6. The number of benzene rings is 1. The first kappa shape index (κ1) is 18.1. The van der Waals surface area contributed by atoms with Crippen molar-refractivity contribution in [3.8, 4) is 0 Å². The maximum absolute atomic E-state index is 12.6. The van der Waals surface area contributed by atoms with Crippen molar-refractivity contribution in [3.05, 3.63) is 29.3 Å². The predicted molar refractivity (Wildman–Crippen MR) is 86.2 cm³/mol. The Hall–Kier alpha value is -0.910. The standard InChI is InChI=1S/C16H27NO3S/c1-12-7-8-14(16(3,4)5)11-15(12)21(18,19)17-13(2)9-10-20-6/h7-8,11,13,17H,9-10H2,1-6H3. The molecular formula is C16H27NO3S. The van der Waals surface area contributed by atoms with Crippen LogP contribution < -0.4 is 4.72 Å². The third-order valence-corrected chi connectivity index (χ3v) is 5.19. The SMILES string of the molecule is COCCC(C)NS(=O)(=O)c1cc(C(C)(C)C)ccc1C. The van der Waals surface area contributed by atoms with Crippen LogP contribution in [0.4, 0.5) is 0 Å². The van der Waals surface area contributed by atoms with Gasteiger partial charge in [0.1, 0.15) is 0 Å². The van der Waals surface area contributed by atoms with Crippen LogP contribution in [0.25, 0.3) is 0 Å². The Balaban J connectivity index is 3.08. The van der Waals surface area contributed by atoms with Gasteiger partial charge in [-0.2, -0.15) is 0 Å². The van der Waals surface area contributed by atoms with Crippen LogP contribution in [0.2, 0.25) is 0 Å². The smallest absolute Gasteiger partial charge is 0.241 e. The number of hydrogen-bond donors (Lipinski definition) is 1. The summed E-state index contributed by atoms with van der Waals surface area (Å²) < 4.78 is 32.8. The summed E-state index contributed by atoms with van der Waals surface area (Å²) in [6.45, 7) is 10.4. The average molecular weight is 313 g/mol. The van der Waals surface area contributed by atoms with E-state index < -0.39 is 10.0 Å². The number of methoxy groups -OCH3 is 1. The van der Waals surface area contributed by atoms with Crippen molar-refractivity contribution >= 4 is 10.0 Å². The molecular weight excluding hydrogens is 286 g/mol. The van der Waals surface area contributed by atoms with Gasteiger partial charge in [-0.05, 0) is 42.9 Å². The summed E-state index contributed by atoms with van der Waals surface area (Å²) in [6.07, 6.45) is 0.647. The molecule has 0 saturated carbocycles. The van der Waals surface area contributed by atoms with Crippen LogP contribution in [0.1, 0.15) is 45.2 Å². The molecule has 0 aliphatic rings. The van der Waals surface area contributed by atoms with Crippen LogP contribution >= 0.6 is 0 Å². The molecule has 0 heterocycles. The van der Waals surface area contributed by atoms with E-state index in [1.54, 1.807) is 13.2 Å². The summed E-state index contributed by atoms with van der Waals surface area (Å²) >= 11 is 0. The minimum atomic E-state index is -3.51. The van der Waals surface area contributed by atoms with Crippen molar-refractivity contribution < 1.29 is 13.2 Å². The number of ether oxygens (including phenoxy) is 1. The van der Waals surface area contributed by atoms with Crippen molar-refractivity contribution in [1.82, 2.24) is 4.72 Å². The third-order valence-electron chi connectivity index (χ3n) is 3.46. The van der Waals surface area contributed by atoms with Crippen LogP contribution in [0.5, 0.6) is 0 Å². The largest absolute Gasteiger partial charge is 0.385 e. The summed E-state index contributed by atoms with van der Waals surface area (Å²) in [5.41, 5.74) is 1.69. The van der Waals surface area contributed by atoms with Gasteiger partial charge in [0.15, 0.2) is 0 Å². The highest BCUT2D eigenvalue weighted by Crippen LogP contribution is 2.26. The van der Waals surface area contributed by atoms with Crippen molar-refractivity contribution in [3.63, 3.8) is 0 Å². The molecule has 21 heavy (non-hydrogen) atoms. The molecule has 1 aromatic rings. The lowest BCUT2D eigenvalue weighted by molar-refractivity contribution is 0.188. The molecule has 0 spiro atoms. The second-order valence-corrected chi connectivity index (χ2v) is 8.22. The zero-order valence-corrected chi connectivity index (χ0v) is 14.7. The summed E-state index contributed by atoms with van der Waals surface area (Å²) in [4.78, 5) is 0.360. The first-order valence-corrected chi connectivity index (χ1v) is 8.68. The Bertz CT molecular complexity index is 574. The van der Waals surface area contributed by atoms with Crippen molar-refractivity contribution in [2.75, 3.05) is 13.7 Å². The first-order valence-electron chi connectivity index (χ1n) is 7.20. The summed E-state index contributed by atoms with van der Waals surface area (Å²) in [7, 11) is -1.90. The molecule has 4 nitrogen and oxygen atoms in total. The molecule has 120 valence electrons. The number of aryl methyl sites for hydroxylation is 1. The Kier molecular flexibility index (Phi) is 5.96. The lowest BCUT2D eigenvalue weighted by Gasteiger charge is -2.21. The van der Waals surface area contributed by atoms with Gasteiger partial charge in [0.05, 0.1) is 4.90 Å². The monoisotopic (exact) mass is 313 g/mol. The Labute approximate surface area is 129 Å². The summed E-state index contributed by atoms with van der Waals surface area (Å²) in [6, 6.07) is 5.48. The predicted octanol–water partition coefficient (Wildman–Crippen LogP) is 3.00. The van der Waals surface area contributed by atoms with Gasteiger partial charge in [0.2, 0.25) is 10.0 Å². The van der Waals surface area contributed by atoms with Crippen LogP contribution in [0.15, 0.2) is 23.1 Å². The van der Waals surface area contributed by atoms with E-state index in [0.29, 0.717) is 17.9 Å². The summed E-state index contributed by atoms with van der Waals surface area (Å²) in [5, 5.41) is 0. The van der Waals surface area contributed by atoms with E-state index in [2.05, 4.69) is 25.5 Å². The van der Waals surface area contributed by atoms with Gasteiger partial charge >= 0.3 is 0 Å². The van der Waals surface area contributed by atoms with E-state index in [1.807, 2.05) is 26.0 Å². The van der Waals surface area contributed by atoms with Crippen LogP contribution in [-0.2, 0) is 20.2 Å². The van der Waals surface area contributed by atoms with Crippen molar-refractivity contribution in [2.45, 2.75) is 57.4 Å². The molecule has 0 saturated heterocycles. The third kappa shape index (κ3) is 5.09. The van der Waals surface area contributed by atoms with Gasteiger partial charge in [-0.15, -0.1) is 0 Å². The maximum atomic E-state index is 12.6. The topological polar surface area (TPSA) is 55.4 Å². The molecule has 0 aliphatic heterocycles. The minimum Gasteiger partial charge on any atom is -0.385 e. The normalized spacial score (nSPS) is 14.2. The van der Waals surface area contributed by atoms with Crippen LogP contribution in [0.3, 0.4) is 0 Å². The Morgan fingerprint density at radius 3 is 2.43 bits per heavy atom. The highest BCUT2D eigenvalue weighted by atomic mass is 32.2. The molecule has 0 aliphatic carbocycles. The van der Waals surface area contributed by atoms with Gasteiger partial charge < -0.3 is 4.74 Å². The fourth-order valence-electron chi connectivity index (χ4n) is 2.04. The van der Waals surface area contributed by atoms with Crippen LogP contribution in [-0.4, -0.2) is 28.2 Å². The molecule has 0 radical (unpaired) electrons. The van der Waals surface area contributed by atoms with Gasteiger partial charge in [-0.1, -0.05) is 32.9 Å². The zero-order valence-electron chi connectivity index (χ0n) is 13.9. The lowest BCUT2D eigenvalue weighted by atomic mass is 9.87. The Morgan fingerprint density at radius 2 is 1.90 bits per heavy atom. The fraction of sp³-hybridized carbons (Fsp3) is 0.625. The fourth-order valence-corrected chi connectivity index (χ4v) is 3.59. The highest BCUT2D eigenvalue weighted by molar-refractivity contribution is 7.89. The molecule has 0 fully saturated rings. The zero-order chi connectivity index (χ0) is 16.3. The average Bonchev–Trinajstić information content (AvgIpc) is 2.34. The highest BCUT2D eigenvalue weighted by Gasteiger charge is 2.22. The molecule has 1 aromatic carbocycles. The molecule has 1 atom stereocenters. The molecule has 1 N–H and O–H groups in total. The van der Waals surface area contributed by atoms with Gasteiger partial charge in [0.25, 0.3) is 0 Å². The maximum Gasteiger partial charge on any atom is 0.241 e. The van der Waals surface area contributed by atoms with Gasteiger partial charge in [-0.3, -0.25) is 0 Å². The van der Waals surface area contributed by atoms with Crippen molar-refractivity contribution in [2.24, 2.45) is 0 Å². The second-order valence-electron chi connectivity index (χ2n) is 6.53. The minimum absolute atomic E-state index is 0.0837. The molecule has 0 bridgehead atoms. The number of sulfonamides is 1. The summed E-state index contributed by atoms with van der Waals surface area (Å²) in [5.74, 6) is 0.